The van der Waals surface area contributed by atoms with Crippen molar-refractivity contribution in [2.24, 2.45) is 10.8 Å². The highest BCUT2D eigenvalue weighted by Crippen LogP contribution is 2.34. The molecule has 3 aliphatic rings. The number of hydrogen-bond acceptors (Lipinski definition) is 10. The second-order valence-corrected chi connectivity index (χ2v) is 22.1. The van der Waals surface area contributed by atoms with Gasteiger partial charge in [-0.25, -0.2) is 0 Å². The lowest BCUT2D eigenvalue weighted by Crippen LogP contribution is -2.62. The van der Waals surface area contributed by atoms with Crippen molar-refractivity contribution < 1.29 is 38.3 Å². The van der Waals surface area contributed by atoms with E-state index in [9.17, 15) is 24.0 Å². The van der Waals surface area contributed by atoms with Gasteiger partial charge in [-0.15, -0.1) is 0 Å². The topological polar surface area (TPSA) is 211 Å². The SMILES string of the molecule is CNC(C)C(=O)NC(C(=O)N1Cc2ccccc2CC1C(=O)N(CC(=O)N[C@H]1C[C@@H](C(=O)N[C@@H]2CCCc3ccccc32)N(C(=O)C(NC(=O)C(C)NC)C(C)(C)C)C1)[C@H](COC)c1ccccc1)C(C)(C)C. The molecule has 5 unspecified atom stereocenters. The molecule has 17 nitrogen and oxygen atoms in total. The molecule has 17 heteroatoms. The van der Waals surface area contributed by atoms with Crippen molar-refractivity contribution in [3.63, 3.8) is 0 Å². The van der Waals surface area contributed by atoms with Crippen molar-refractivity contribution >= 4 is 41.4 Å². The van der Waals surface area contributed by atoms with Crippen LogP contribution in [0.2, 0.25) is 0 Å². The van der Waals surface area contributed by atoms with E-state index in [4.69, 9.17) is 4.74 Å². The van der Waals surface area contributed by atoms with E-state index in [2.05, 4.69) is 38.0 Å². The molecule has 1 saturated heterocycles. The van der Waals surface area contributed by atoms with Gasteiger partial charge in [-0.2, -0.15) is 0 Å². The van der Waals surface area contributed by atoms with Gasteiger partial charge in [0, 0.05) is 32.7 Å². The van der Waals surface area contributed by atoms with E-state index in [1.54, 1.807) is 27.9 Å². The maximum atomic E-state index is 15.7. The lowest BCUT2D eigenvalue weighted by molar-refractivity contribution is -0.153. The second kappa shape index (κ2) is 24.2. The lowest BCUT2D eigenvalue weighted by Gasteiger charge is -2.43. The van der Waals surface area contributed by atoms with E-state index in [0.29, 0.717) is 5.56 Å². The molecule has 7 amide bonds. The van der Waals surface area contributed by atoms with Gasteiger partial charge < -0.3 is 51.3 Å². The molecule has 0 saturated carbocycles. The third-order valence-corrected chi connectivity index (χ3v) is 14.7. The number of amides is 7. The fourth-order valence-corrected chi connectivity index (χ4v) is 10.2. The molecule has 0 bridgehead atoms. The van der Waals surface area contributed by atoms with Gasteiger partial charge in [0.25, 0.3) is 0 Å². The van der Waals surface area contributed by atoms with E-state index in [0.717, 1.165) is 41.5 Å². The van der Waals surface area contributed by atoms with Gasteiger partial charge in [-0.05, 0) is 92.3 Å². The van der Waals surface area contributed by atoms with Crippen LogP contribution in [-0.2, 0) is 57.7 Å². The molecule has 1 fully saturated rings. The fourth-order valence-electron chi connectivity index (χ4n) is 10.2. The van der Waals surface area contributed by atoms with Crippen LogP contribution in [0.1, 0.15) is 115 Å². The van der Waals surface area contributed by atoms with E-state index in [-0.39, 0.29) is 56.3 Å². The highest BCUT2D eigenvalue weighted by molar-refractivity contribution is 5.96. The molecule has 0 radical (unpaired) electrons. The average molecular weight is 1010 g/mol. The van der Waals surface area contributed by atoms with E-state index < -0.39 is 89.3 Å². The Kier molecular flexibility index (Phi) is 18.6. The van der Waals surface area contributed by atoms with Crippen LogP contribution in [-0.4, -0.2) is 139 Å². The second-order valence-electron chi connectivity index (χ2n) is 22.1. The number of benzene rings is 3. The number of carbonyl (C=O) groups excluding carboxylic acids is 7. The first-order valence-electron chi connectivity index (χ1n) is 25.7. The van der Waals surface area contributed by atoms with Gasteiger partial charge in [-0.1, -0.05) is 120 Å². The number of fused-ring (bicyclic) bond motifs is 2. The number of methoxy groups -OCH3 is 1. The number of hydrogen-bond donors (Lipinski definition) is 6. The number of ether oxygens (including phenoxy) is 1. The molecular weight excluding hydrogens is 927 g/mol. The van der Waals surface area contributed by atoms with Crippen molar-refractivity contribution in [3.8, 4) is 0 Å². The van der Waals surface area contributed by atoms with Gasteiger partial charge in [0.1, 0.15) is 30.7 Å². The molecule has 3 aromatic rings. The number of likely N-dealkylation sites (tertiary alicyclic amines) is 1. The zero-order chi connectivity index (χ0) is 53.4. The third kappa shape index (κ3) is 13.5. The highest BCUT2D eigenvalue weighted by atomic mass is 16.5. The number of likely N-dealkylation sites (N-methyl/N-ethyl adjacent to an activating group) is 2. The summed E-state index contributed by atoms with van der Waals surface area (Å²) >= 11 is 0. The Hall–Kier alpha value is -6.17. The van der Waals surface area contributed by atoms with Crippen molar-refractivity contribution in [2.75, 3.05) is 40.9 Å². The third-order valence-electron chi connectivity index (χ3n) is 14.7. The highest BCUT2D eigenvalue weighted by Gasteiger charge is 2.48. The number of nitrogens with one attached hydrogen (secondary N) is 6. The number of aryl methyl sites for hydroxylation is 1. The first kappa shape index (κ1) is 56.1. The molecule has 1 aliphatic carbocycles. The summed E-state index contributed by atoms with van der Waals surface area (Å²) < 4.78 is 5.76. The summed E-state index contributed by atoms with van der Waals surface area (Å²) in [6.45, 7) is 14.1. The molecule has 0 spiro atoms. The van der Waals surface area contributed by atoms with Crippen molar-refractivity contribution in [2.45, 2.75) is 148 Å². The normalized spacial score (nSPS) is 20.8. The molecule has 0 aromatic heterocycles. The predicted molar refractivity (Wildman–Crippen MR) is 279 cm³/mol. The van der Waals surface area contributed by atoms with Gasteiger partial charge >= 0.3 is 0 Å². The maximum absolute atomic E-state index is 15.7. The van der Waals surface area contributed by atoms with Gasteiger partial charge in [0.15, 0.2) is 0 Å². The van der Waals surface area contributed by atoms with Crippen molar-refractivity contribution in [1.82, 2.24) is 46.6 Å². The summed E-state index contributed by atoms with van der Waals surface area (Å²) in [5.74, 6) is -3.07. The monoisotopic (exact) mass is 1010 g/mol. The number of rotatable bonds is 18. The summed E-state index contributed by atoms with van der Waals surface area (Å²) in [4.78, 5) is 106. The van der Waals surface area contributed by atoms with Crippen LogP contribution in [0.5, 0.6) is 0 Å². The van der Waals surface area contributed by atoms with Crippen LogP contribution in [0.3, 0.4) is 0 Å². The minimum Gasteiger partial charge on any atom is -0.382 e. The molecule has 73 heavy (non-hydrogen) atoms. The summed E-state index contributed by atoms with van der Waals surface area (Å²) in [5, 5.41) is 18.1. The quantitative estimate of drug-likeness (QED) is 0.109. The number of nitrogens with zero attached hydrogens (tertiary/aromatic N) is 3. The van der Waals surface area contributed by atoms with Crippen molar-refractivity contribution in [1.29, 1.82) is 0 Å². The smallest absolute Gasteiger partial charge is 0.246 e. The van der Waals surface area contributed by atoms with Crippen LogP contribution >= 0.6 is 0 Å². The largest absolute Gasteiger partial charge is 0.382 e. The van der Waals surface area contributed by atoms with Crippen LogP contribution in [0.4, 0.5) is 0 Å². The summed E-state index contributed by atoms with van der Waals surface area (Å²) in [6.07, 6.45) is 2.70. The van der Waals surface area contributed by atoms with Crippen LogP contribution in [0.25, 0.3) is 0 Å². The molecule has 396 valence electrons. The molecule has 2 heterocycles. The Balaban J connectivity index is 1.34. The van der Waals surface area contributed by atoms with E-state index >= 15 is 9.59 Å². The summed E-state index contributed by atoms with van der Waals surface area (Å²) in [5.41, 5.74) is 3.09. The Morgan fingerprint density at radius 1 is 0.699 bits per heavy atom. The lowest BCUT2D eigenvalue weighted by atomic mass is 9.84. The van der Waals surface area contributed by atoms with Crippen LogP contribution < -0.4 is 31.9 Å². The minimum absolute atomic E-state index is 0.00714. The first-order valence-corrected chi connectivity index (χ1v) is 25.7. The van der Waals surface area contributed by atoms with Gasteiger partial charge in [-0.3, -0.25) is 33.6 Å². The van der Waals surface area contributed by atoms with E-state index in [1.165, 1.54) is 21.8 Å². The maximum Gasteiger partial charge on any atom is 0.246 e. The number of carbonyl (C=O) groups is 7. The van der Waals surface area contributed by atoms with Crippen molar-refractivity contribution in [3.05, 3.63) is 107 Å². The predicted octanol–water partition coefficient (Wildman–Crippen LogP) is 3.71. The van der Waals surface area contributed by atoms with Crippen LogP contribution in [0.15, 0.2) is 78.9 Å². The molecule has 6 rings (SSSR count). The van der Waals surface area contributed by atoms with Crippen LogP contribution in [0, 0.1) is 10.8 Å². The zero-order valence-electron chi connectivity index (χ0n) is 44.7. The van der Waals surface area contributed by atoms with Gasteiger partial charge in [0.2, 0.25) is 41.4 Å². The fraction of sp³-hybridized carbons (Fsp3) is 0.554. The average Bonchev–Trinajstić information content (AvgIpc) is 3.79. The molecule has 9 atom stereocenters. The zero-order valence-corrected chi connectivity index (χ0v) is 44.7. The standard InChI is InChI=1S/C56H79N9O8/c1-34(57-9)49(67)61-47(55(3,4)5)53(71)63-30-39-24-16-15-23-38(39)28-44(63)52(70)65(45(33-73-11)37-21-13-12-14-22-37)32-46(66)59-40-29-43(51(69)60-42-27-19-25-36-20-17-18-26-41(36)42)64(31-40)54(72)48(56(6,7)8)62-50(68)35(2)58-10/h12-18,20-24,26,34-35,40,42-45,47-48,57-58H,19,25,27-33H2,1-11H3,(H,59,66)(H,60,69)(H,61,67)(H,62,68)/t34?,35?,40-,42+,43-,44?,45+,47?,48?/m0/s1. The molecule has 2 aliphatic heterocycles. The first-order chi connectivity index (χ1) is 34.6. The Morgan fingerprint density at radius 2 is 1.25 bits per heavy atom. The Labute approximate surface area is 431 Å². The summed E-state index contributed by atoms with van der Waals surface area (Å²) in [7, 11) is 4.83. The Bertz CT molecular complexity index is 2450. The molecule has 6 N–H and O–H groups in total. The Morgan fingerprint density at radius 3 is 1.82 bits per heavy atom. The van der Waals surface area contributed by atoms with E-state index in [1.807, 2.05) is 114 Å². The molecule has 3 aromatic carbocycles. The minimum atomic E-state index is -1.09. The van der Waals surface area contributed by atoms with Gasteiger partial charge in [0.05, 0.1) is 30.8 Å². The summed E-state index contributed by atoms with van der Waals surface area (Å²) in [6, 6.07) is 17.7. The molecular formula is C56H79N9O8.